The van der Waals surface area contributed by atoms with Gasteiger partial charge in [-0.25, -0.2) is 4.79 Å². The summed E-state index contributed by atoms with van der Waals surface area (Å²) >= 11 is 0. The second-order valence-electron chi connectivity index (χ2n) is 9.05. The molecule has 1 unspecified atom stereocenters. The van der Waals surface area contributed by atoms with Gasteiger partial charge in [-0.2, -0.15) is 0 Å². The van der Waals surface area contributed by atoms with Crippen molar-refractivity contribution in [3.05, 3.63) is 103 Å². The molecule has 0 aliphatic carbocycles. The highest BCUT2D eigenvalue weighted by Crippen LogP contribution is 2.02. The molecule has 1 aromatic rings. The van der Waals surface area contributed by atoms with Crippen molar-refractivity contribution in [1.29, 1.82) is 0 Å². The number of aromatic nitrogens is 1. The van der Waals surface area contributed by atoms with E-state index in [4.69, 9.17) is 0 Å². The summed E-state index contributed by atoms with van der Waals surface area (Å²) in [5.41, 5.74) is 0.302. The number of nitrogens with one attached hydrogen (secondary N) is 2. The van der Waals surface area contributed by atoms with Crippen molar-refractivity contribution in [2.75, 3.05) is 6.54 Å². The highest BCUT2D eigenvalue weighted by Gasteiger charge is 2.20. The number of nitrogens with zero attached hydrogens (tertiary/aromatic N) is 1. The van der Waals surface area contributed by atoms with Crippen molar-refractivity contribution in [2.24, 2.45) is 0 Å². The van der Waals surface area contributed by atoms with Crippen LogP contribution in [0.1, 0.15) is 81.5 Å². The maximum absolute atomic E-state index is 12.1. The lowest BCUT2D eigenvalue weighted by atomic mass is 10.1. The standard InChI is InChI=1S/C33H45N3O4/c1-2-3-4-5-6-7-8-9-10-11-12-13-14-15-16-17-18-19-20-25-31(37)35-27-22-24-30(33(39)40)36-32(38)29-23-21-26-34-28-29/h3-4,6-7,9-10,12-13,15-16,18-19,21,23,26,28,30H,2,5,8,11,14,17,20,22,24-25,27H2,1H3,(H,35,37)(H,36,38)(H,39,40). The van der Waals surface area contributed by atoms with Crippen LogP contribution >= 0.6 is 0 Å². The van der Waals surface area contributed by atoms with Crippen molar-refractivity contribution in [3.63, 3.8) is 0 Å². The molecule has 3 N–H and O–H groups in total. The minimum absolute atomic E-state index is 0.0780. The van der Waals surface area contributed by atoms with Crippen LogP contribution in [0.5, 0.6) is 0 Å². The molecule has 1 atom stereocenters. The number of rotatable bonds is 21. The lowest BCUT2D eigenvalue weighted by Gasteiger charge is -2.14. The van der Waals surface area contributed by atoms with E-state index >= 15 is 0 Å². The molecule has 0 spiro atoms. The number of allylic oxidation sites excluding steroid dienone is 12. The van der Waals surface area contributed by atoms with E-state index in [2.05, 4.69) is 83.3 Å². The molecule has 0 aromatic carbocycles. The molecule has 1 aromatic heterocycles. The topological polar surface area (TPSA) is 108 Å². The third-order valence-electron chi connectivity index (χ3n) is 5.65. The number of pyridine rings is 1. The molecule has 1 rings (SSSR count). The Labute approximate surface area is 239 Å². The molecule has 216 valence electrons. The molecule has 0 aliphatic heterocycles. The van der Waals surface area contributed by atoms with E-state index in [1.807, 2.05) is 12.2 Å². The molecule has 0 saturated heterocycles. The van der Waals surface area contributed by atoms with Crippen LogP contribution in [0.2, 0.25) is 0 Å². The van der Waals surface area contributed by atoms with Gasteiger partial charge in [0.1, 0.15) is 6.04 Å². The molecule has 1 heterocycles. The van der Waals surface area contributed by atoms with Crippen LogP contribution in [0.25, 0.3) is 0 Å². The van der Waals surface area contributed by atoms with Gasteiger partial charge in [0.05, 0.1) is 5.56 Å². The van der Waals surface area contributed by atoms with E-state index < -0.39 is 17.9 Å². The lowest BCUT2D eigenvalue weighted by Crippen LogP contribution is -2.41. The van der Waals surface area contributed by atoms with Crippen molar-refractivity contribution in [3.8, 4) is 0 Å². The van der Waals surface area contributed by atoms with Crippen LogP contribution in [0.3, 0.4) is 0 Å². The normalized spacial score (nSPS) is 12.9. The first-order chi connectivity index (χ1) is 19.5. The highest BCUT2D eigenvalue weighted by molar-refractivity contribution is 5.96. The first-order valence-corrected chi connectivity index (χ1v) is 14.1. The van der Waals surface area contributed by atoms with Crippen LogP contribution < -0.4 is 10.6 Å². The van der Waals surface area contributed by atoms with E-state index in [1.165, 1.54) is 12.4 Å². The van der Waals surface area contributed by atoms with Gasteiger partial charge in [-0.15, -0.1) is 0 Å². The molecule has 7 nitrogen and oxygen atoms in total. The number of hydrogen-bond donors (Lipinski definition) is 3. The Morgan fingerprint density at radius 2 is 1.40 bits per heavy atom. The average molecular weight is 548 g/mol. The molecular weight excluding hydrogens is 502 g/mol. The maximum atomic E-state index is 12.1. The number of carboxylic acids is 1. The fourth-order valence-corrected chi connectivity index (χ4v) is 3.47. The molecule has 0 fully saturated rings. The lowest BCUT2D eigenvalue weighted by molar-refractivity contribution is -0.139. The number of carbonyl (C=O) groups is 3. The van der Waals surface area contributed by atoms with Crippen molar-refractivity contribution in [1.82, 2.24) is 15.6 Å². The van der Waals surface area contributed by atoms with Gasteiger partial charge in [-0.05, 0) is 69.9 Å². The second kappa shape index (κ2) is 24.1. The fraction of sp³-hybridized carbons (Fsp3) is 0.394. The molecule has 0 radical (unpaired) electrons. The van der Waals surface area contributed by atoms with E-state index in [0.717, 1.165) is 38.5 Å². The largest absolute Gasteiger partial charge is 0.480 e. The number of aliphatic carboxylic acids is 1. The van der Waals surface area contributed by atoms with Crippen LogP contribution in [0.4, 0.5) is 0 Å². The molecule has 40 heavy (non-hydrogen) atoms. The van der Waals surface area contributed by atoms with Crippen molar-refractivity contribution in [2.45, 2.75) is 77.2 Å². The summed E-state index contributed by atoms with van der Waals surface area (Å²) in [5.74, 6) is -1.67. The number of carboxylic acid groups (broad SMARTS) is 1. The monoisotopic (exact) mass is 547 g/mol. The van der Waals surface area contributed by atoms with E-state index in [1.54, 1.807) is 12.1 Å². The summed E-state index contributed by atoms with van der Waals surface area (Å²) in [6, 6.07) is 2.16. The van der Waals surface area contributed by atoms with E-state index in [-0.39, 0.29) is 12.3 Å². The Morgan fingerprint density at radius 1 is 0.850 bits per heavy atom. The molecule has 0 bridgehead atoms. The first kappa shape index (κ1) is 34.0. The molecule has 0 aliphatic rings. The Balaban J connectivity index is 2.07. The zero-order chi connectivity index (χ0) is 29.1. The highest BCUT2D eigenvalue weighted by atomic mass is 16.4. The predicted molar refractivity (Wildman–Crippen MR) is 163 cm³/mol. The molecule has 7 heteroatoms. The van der Waals surface area contributed by atoms with Gasteiger partial charge in [0.2, 0.25) is 5.91 Å². The van der Waals surface area contributed by atoms with Gasteiger partial charge in [0, 0.05) is 25.4 Å². The maximum Gasteiger partial charge on any atom is 0.326 e. The third-order valence-corrected chi connectivity index (χ3v) is 5.65. The summed E-state index contributed by atoms with van der Waals surface area (Å²) in [5, 5.41) is 14.7. The Hall–Kier alpha value is -4.00. The predicted octanol–water partition coefficient (Wildman–Crippen LogP) is 6.64. The quantitative estimate of drug-likeness (QED) is 0.118. The summed E-state index contributed by atoms with van der Waals surface area (Å²) in [6.07, 6.45) is 36.1. The van der Waals surface area contributed by atoms with Crippen LogP contribution in [0, 0.1) is 0 Å². The molecular formula is C33H45N3O4. The zero-order valence-corrected chi connectivity index (χ0v) is 23.7. The van der Waals surface area contributed by atoms with Crippen LogP contribution in [-0.4, -0.2) is 40.5 Å². The van der Waals surface area contributed by atoms with Gasteiger partial charge in [0.15, 0.2) is 0 Å². The Kier molecular flexibility index (Phi) is 20.5. The minimum Gasteiger partial charge on any atom is -0.480 e. The SMILES string of the molecule is CCC=CCC=CCC=CCC=CCC=CCC=CCCC(=O)NCCCC(NC(=O)c1cccnc1)C(=O)O. The average Bonchev–Trinajstić information content (AvgIpc) is 2.96. The van der Waals surface area contributed by atoms with E-state index in [0.29, 0.717) is 31.4 Å². The minimum atomic E-state index is -1.11. The smallest absolute Gasteiger partial charge is 0.326 e. The third kappa shape index (κ3) is 19.1. The number of carbonyl (C=O) groups excluding carboxylic acids is 2. The second-order valence-corrected chi connectivity index (χ2v) is 9.05. The fourth-order valence-electron chi connectivity index (χ4n) is 3.47. The molecule has 0 saturated carbocycles. The summed E-state index contributed by atoms with van der Waals surface area (Å²) < 4.78 is 0. The summed E-state index contributed by atoms with van der Waals surface area (Å²) in [4.78, 5) is 39.5. The van der Waals surface area contributed by atoms with Gasteiger partial charge < -0.3 is 15.7 Å². The first-order valence-electron chi connectivity index (χ1n) is 14.1. The van der Waals surface area contributed by atoms with Gasteiger partial charge in [-0.3, -0.25) is 14.6 Å². The van der Waals surface area contributed by atoms with Crippen molar-refractivity contribution < 1.29 is 19.5 Å². The molecule has 2 amide bonds. The number of amides is 2. The van der Waals surface area contributed by atoms with Gasteiger partial charge in [0.25, 0.3) is 5.91 Å². The number of hydrogen-bond acceptors (Lipinski definition) is 4. The summed E-state index contributed by atoms with van der Waals surface area (Å²) in [7, 11) is 0. The van der Waals surface area contributed by atoms with Gasteiger partial charge in [-0.1, -0.05) is 79.8 Å². The van der Waals surface area contributed by atoms with E-state index in [9.17, 15) is 19.5 Å². The Bertz CT molecular complexity index is 1020. The van der Waals surface area contributed by atoms with Crippen molar-refractivity contribution >= 4 is 17.8 Å². The van der Waals surface area contributed by atoms with Crippen LogP contribution in [-0.2, 0) is 9.59 Å². The Morgan fingerprint density at radius 3 is 1.90 bits per heavy atom. The van der Waals surface area contributed by atoms with Gasteiger partial charge >= 0.3 is 5.97 Å². The van der Waals surface area contributed by atoms with Crippen LogP contribution in [0.15, 0.2) is 97.4 Å². The summed E-state index contributed by atoms with van der Waals surface area (Å²) in [6.45, 7) is 2.50. The zero-order valence-electron chi connectivity index (χ0n) is 23.7.